The van der Waals surface area contributed by atoms with Crippen molar-refractivity contribution >= 4 is 64.1 Å². The first-order valence-corrected chi connectivity index (χ1v) is 13.1. The number of fused-ring (bicyclic) bond motifs is 1. The van der Waals surface area contributed by atoms with Gasteiger partial charge < -0.3 is 10.6 Å². The lowest BCUT2D eigenvalue weighted by Crippen LogP contribution is -2.31. The molecule has 1 aliphatic heterocycles. The van der Waals surface area contributed by atoms with Crippen LogP contribution in [0.5, 0.6) is 0 Å². The van der Waals surface area contributed by atoms with E-state index >= 15 is 0 Å². The fourth-order valence-corrected chi connectivity index (χ4v) is 5.06. The molecule has 1 aliphatic rings. The molecule has 0 spiro atoms. The molecule has 1 amide bonds. The summed E-state index contributed by atoms with van der Waals surface area (Å²) >= 11 is 19.7. The van der Waals surface area contributed by atoms with Crippen molar-refractivity contribution in [1.29, 1.82) is 0 Å². The molecule has 3 aromatic carbocycles. The van der Waals surface area contributed by atoms with Crippen LogP contribution in [0, 0.1) is 0 Å². The highest BCUT2D eigenvalue weighted by Gasteiger charge is 2.34. The highest BCUT2D eigenvalue weighted by molar-refractivity contribution is 7.98. The molecular weight excluding hydrogens is 537 g/mol. The molecule has 4 aromatic rings. The Balaban J connectivity index is 1.47. The average Bonchev–Trinajstić information content (AvgIpc) is 3.27. The number of amides is 1. The molecule has 5 rings (SSSR count). The number of carbonyl (C=O) groups excluding carboxylic acids is 1. The second-order valence-corrected chi connectivity index (χ2v) is 10.4. The monoisotopic (exact) mass is 555 g/mol. The number of allylic oxidation sites excluding steroid dienone is 1. The molecule has 10 heteroatoms. The molecule has 0 radical (unpaired) electrons. The third kappa shape index (κ3) is 5.39. The number of nitrogens with zero attached hydrogens (tertiary/aromatic N) is 3. The zero-order valence-corrected chi connectivity index (χ0v) is 22.1. The van der Waals surface area contributed by atoms with E-state index < -0.39 is 6.04 Å². The molecule has 1 atom stereocenters. The van der Waals surface area contributed by atoms with Crippen LogP contribution in [0.4, 0.5) is 11.6 Å². The van der Waals surface area contributed by atoms with E-state index in [2.05, 4.69) is 15.6 Å². The van der Waals surface area contributed by atoms with Gasteiger partial charge in [0.1, 0.15) is 6.04 Å². The summed E-state index contributed by atoms with van der Waals surface area (Å²) in [6, 6.07) is 21.6. The van der Waals surface area contributed by atoms with Crippen molar-refractivity contribution in [3.8, 4) is 0 Å². The van der Waals surface area contributed by atoms with Crippen molar-refractivity contribution < 1.29 is 4.79 Å². The first-order chi connectivity index (χ1) is 17.4. The van der Waals surface area contributed by atoms with E-state index in [0.717, 1.165) is 11.1 Å². The van der Waals surface area contributed by atoms with Crippen molar-refractivity contribution in [1.82, 2.24) is 14.8 Å². The highest BCUT2D eigenvalue weighted by atomic mass is 35.5. The standard InChI is InChI=1S/C26H20Cl3N5OS/c1-15-22(24(35)31-21-12-10-20(29)11-13-21)23(17-4-8-19(28)9-5-17)34-25(30-15)32-26(33-34)36-14-16-2-6-18(27)7-3-16/h2-13,23H,14H2,1H3,(H,31,35)(H,30,32,33)/t23-/m1/s1. The first-order valence-electron chi connectivity index (χ1n) is 11.0. The van der Waals surface area contributed by atoms with E-state index in [-0.39, 0.29) is 5.91 Å². The second kappa shape index (κ2) is 10.6. The quantitative estimate of drug-likeness (QED) is 0.241. The Morgan fingerprint density at radius 2 is 1.53 bits per heavy atom. The van der Waals surface area contributed by atoms with Gasteiger partial charge in [-0.15, -0.1) is 5.10 Å². The molecule has 2 N–H and O–H groups in total. The van der Waals surface area contributed by atoms with Crippen LogP contribution in [0.15, 0.2) is 89.2 Å². The number of hydrogen-bond donors (Lipinski definition) is 2. The van der Waals surface area contributed by atoms with Crippen LogP contribution in [0.2, 0.25) is 15.1 Å². The summed E-state index contributed by atoms with van der Waals surface area (Å²) in [5.74, 6) is 0.996. The van der Waals surface area contributed by atoms with Crippen molar-refractivity contribution in [2.24, 2.45) is 0 Å². The Bertz CT molecular complexity index is 1430. The molecule has 6 nitrogen and oxygen atoms in total. The molecule has 0 saturated heterocycles. The van der Waals surface area contributed by atoms with E-state index in [1.807, 2.05) is 43.3 Å². The van der Waals surface area contributed by atoms with Crippen molar-refractivity contribution in [2.75, 3.05) is 10.6 Å². The van der Waals surface area contributed by atoms with Gasteiger partial charge in [0.05, 0.1) is 5.57 Å². The summed E-state index contributed by atoms with van der Waals surface area (Å²) in [5, 5.41) is 13.5. The van der Waals surface area contributed by atoms with Gasteiger partial charge in [-0.1, -0.05) is 70.8 Å². The van der Waals surface area contributed by atoms with Crippen LogP contribution in [0.3, 0.4) is 0 Å². The number of nitrogens with one attached hydrogen (secondary N) is 2. The van der Waals surface area contributed by atoms with Gasteiger partial charge in [-0.3, -0.25) is 4.79 Å². The Morgan fingerprint density at radius 3 is 2.17 bits per heavy atom. The fraction of sp³-hybridized carbons (Fsp3) is 0.115. The molecule has 2 heterocycles. The third-order valence-corrected chi connectivity index (χ3v) is 7.31. The number of aromatic nitrogens is 3. The molecule has 0 unspecified atom stereocenters. The van der Waals surface area contributed by atoms with Gasteiger partial charge in [0.15, 0.2) is 0 Å². The van der Waals surface area contributed by atoms with Gasteiger partial charge in [0.25, 0.3) is 5.91 Å². The lowest BCUT2D eigenvalue weighted by atomic mass is 9.95. The molecule has 0 bridgehead atoms. The van der Waals surface area contributed by atoms with E-state index in [1.165, 1.54) is 11.8 Å². The number of benzene rings is 3. The van der Waals surface area contributed by atoms with Crippen LogP contribution in [-0.4, -0.2) is 20.7 Å². The van der Waals surface area contributed by atoms with Gasteiger partial charge in [0.2, 0.25) is 11.1 Å². The number of hydrogen-bond acceptors (Lipinski definition) is 5. The smallest absolute Gasteiger partial charge is 0.255 e. The minimum absolute atomic E-state index is 0.251. The third-order valence-electron chi connectivity index (χ3n) is 5.65. The number of thioether (sulfide) groups is 1. The minimum atomic E-state index is -0.497. The van der Waals surface area contributed by atoms with E-state index in [1.54, 1.807) is 41.1 Å². The van der Waals surface area contributed by atoms with Gasteiger partial charge >= 0.3 is 0 Å². The Kier molecular flexibility index (Phi) is 7.25. The van der Waals surface area contributed by atoms with E-state index in [0.29, 0.717) is 48.9 Å². The second-order valence-electron chi connectivity index (χ2n) is 8.16. The summed E-state index contributed by atoms with van der Waals surface area (Å²) < 4.78 is 1.75. The van der Waals surface area contributed by atoms with Crippen LogP contribution in [0.25, 0.3) is 0 Å². The molecule has 0 aliphatic carbocycles. The molecule has 0 saturated carbocycles. The zero-order valence-electron chi connectivity index (χ0n) is 19.0. The fourth-order valence-electron chi connectivity index (χ4n) is 3.90. The van der Waals surface area contributed by atoms with E-state index in [9.17, 15) is 4.79 Å². The maximum atomic E-state index is 13.5. The first kappa shape index (κ1) is 24.7. The molecule has 36 heavy (non-hydrogen) atoms. The summed E-state index contributed by atoms with van der Waals surface area (Å²) in [4.78, 5) is 18.2. The maximum absolute atomic E-state index is 13.5. The summed E-state index contributed by atoms with van der Waals surface area (Å²) in [6.07, 6.45) is 0. The summed E-state index contributed by atoms with van der Waals surface area (Å²) in [7, 11) is 0. The van der Waals surface area contributed by atoms with Crippen molar-refractivity contribution in [3.05, 3.63) is 110 Å². The largest absolute Gasteiger partial charge is 0.328 e. The van der Waals surface area contributed by atoms with Crippen LogP contribution < -0.4 is 10.6 Å². The summed E-state index contributed by atoms with van der Waals surface area (Å²) in [5.41, 5.74) is 3.83. The van der Waals surface area contributed by atoms with Crippen molar-refractivity contribution in [2.45, 2.75) is 23.9 Å². The topological polar surface area (TPSA) is 71.8 Å². The SMILES string of the molecule is CC1=C(C(=O)Nc2ccc(Cl)cc2)[C@@H](c2ccc(Cl)cc2)n2nc(SCc3ccc(Cl)cc3)nc2N1. The Labute approximate surface area is 227 Å². The number of carbonyl (C=O) groups is 1. The maximum Gasteiger partial charge on any atom is 0.255 e. The lowest BCUT2D eigenvalue weighted by Gasteiger charge is -2.28. The molecule has 182 valence electrons. The van der Waals surface area contributed by atoms with Gasteiger partial charge in [-0.05, 0) is 66.6 Å². The number of halogens is 3. The number of rotatable bonds is 6. The lowest BCUT2D eigenvalue weighted by molar-refractivity contribution is -0.113. The van der Waals surface area contributed by atoms with Gasteiger partial charge in [-0.2, -0.15) is 4.98 Å². The molecule has 0 fully saturated rings. The Morgan fingerprint density at radius 1 is 0.944 bits per heavy atom. The predicted molar refractivity (Wildman–Crippen MR) is 147 cm³/mol. The summed E-state index contributed by atoms with van der Waals surface area (Å²) in [6.45, 7) is 1.86. The predicted octanol–water partition coefficient (Wildman–Crippen LogP) is 7.46. The van der Waals surface area contributed by atoms with Crippen LogP contribution in [-0.2, 0) is 10.5 Å². The normalized spacial score (nSPS) is 14.8. The Hall–Kier alpha value is -2.97. The van der Waals surface area contributed by atoms with Crippen LogP contribution >= 0.6 is 46.6 Å². The zero-order chi connectivity index (χ0) is 25.2. The van der Waals surface area contributed by atoms with Crippen LogP contribution in [0.1, 0.15) is 24.1 Å². The van der Waals surface area contributed by atoms with Gasteiger partial charge in [-0.25, -0.2) is 4.68 Å². The van der Waals surface area contributed by atoms with Crippen molar-refractivity contribution in [3.63, 3.8) is 0 Å². The molecule has 1 aromatic heterocycles. The average molecular weight is 557 g/mol. The highest BCUT2D eigenvalue weighted by Crippen LogP contribution is 2.37. The van der Waals surface area contributed by atoms with E-state index in [4.69, 9.17) is 39.9 Å². The number of anilines is 2. The molecular formula is C26H20Cl3N5OS. The minimum Gasteiger partial charge on any atom is -0.328 e. The van der Waals surface area contributed by atoms with Gasteiger partial charge in [0, 0.05) is 32.2 Å².